The summed E-state index contributed by atoms with van der Waals surface area (Å²) in [7, 11) is 0.924. The molecule has 1 saturated carbocycles. The van der Waals surface area contributed by atoms with Crippen molar-refractivity contribution >= 4 is 23.5 Å². The van der Waals surface area contributed by atoms with Gasteiger partial charge in [-0.25, -0.2) is 0 Å². The van der Waals surface area contributed by atoms with Crippen molar-refractivity contribution in [2.45, 2.75) is 56.8 Å². The van der Waals surface area contributed by atoms with Crippen LogP contribution in [0.2, 0.25) is 18.6 Å². The van der Waals surface area contributed by atoms with Crippen molar-refractivity contribution in [2.24, 2.45) is 0 Å². The third-order valence-electron chi connectivity index (χ3n) is 3.53. The molecule has 1 fully saturated rings. The summed E-state index contributed by atoms with van der Waals surface area (Å²) in [4.78, 5) is 0. The highest BCUT2D eigenvalue weighted by molar-refractivity contribution is 6.58. The van der Waals surface area contributed by atoms with Gasteiger partial charge in [0.2, 0.25) is 0 Å². The van der Waals surface area contributed by atoms with Gasteiger partial charge in [0.25, 0.3) is 0 Å². The molecule has 0 spiro atoms. The quantitative estimate of drug-likeness (QED) is 0.725. The first-order chi connectivity index (χ1) is 8.25. The van der Waals surface area contributed by atoms with E-state index in [1.807, 2.05) is 0 Å². The van der Waals surface area contributed by atoms with Gasteiger partial charge in [-0.1, -0.05) is 80.2 Å². The van der Waals surface area contributed by atoms with Gasteiger partial charge in [-0.15, -0.1) is 0 Å². The number of benzene rings is 1. The Morgan fingerprint density at radius 2 is 1.82 bits per heavy atom. The predicted octanol–water partition coefficient (Wildman–Crippen LogP) is 3.60. The Labute approximate surface area is 110 Å². The van der Waals surface area contributed by atoms with E-state index in [4.69, 9.17) is 0 Å². The third kappa shape index (κ3) is 4.11. The first-order valence-corrected chi connectivity index (χ1v) is 10.7. The van der Waals surface area contributed by atoms with E-state index in [1.54, 1.807) is 10.8 Å². The molecule has 0 aromatic heterocycles. The summed E-state index contributed by atoms with van der Waals surface area (Å²) < 4.78 is 0. The zero-order valence-electron chi connectivity index (χ0n) is 11.1. The van der Waals surface area contributed by atoms with Crippen LogP contribution in [0.1, 0.15) is 37.7 Å². The minimum absolute atomic E-state index is 0.144. The first kappa shape index (κ1) is 13.1. The van der Waals surface area contributed by atoms with Crippen LogP contribution in [0.25, 0.3) is 0 Å². The van der Waals surface area contributed by atoms with Gasteiger partial charge in [-0.05, 0) is 11.6 Å². The van der Waals surface area contributed by atoms with E-state index in [1.165, 1.54) is 38.1 Å². The van der Waals surface area contributed by atoms with E-state index in [2.05, 4.69) is 37.4 Å². The maximum absolute atomic E-state index is 2.42. The fourth-order valence-corrected chi connectivity index (χ4v) is 5.60. The van der Waals surface area contributed by atoms with E-state index in [0.29, 0.717) is 0 Å². The topological polar surface area (TPSA) is 0 Å². The molecule has 0 heterocycles. The van der Waals surface area contributed by atoms with Crippen molar-refractivity contribution < 1.29 is 0 Å². The summed E-state index contributed by atoms with van der Waals surface area (Å²) >= 11 is 0. The minimum atomic E-state index is -0.144. The molecule has 3 radical (unpaired) electrons. The van der Waals surface area contributed by atoms with Crippen molar-refractivity contribution in [3.05, 3.63) is 29.8 Å². The molecule has 1 aliphatic rings. The van der Waals surface area contributed by atoms with E-state index in [0.717, 1.165) is 15.1 Å². The second kappa shape index (κ2) is 6.55. The molecule has 1 aromatic carbocycles. The Balaban J connectivity index is 2.03. The van der Waals surface area contributed by atoms with E-state index in [9.17, 15) is 0 Å². The Morgan fingerprint density at radius 1 is 1.12 bits per heavy atom. The molecule has 0 N–H and O–H groups in total. The van der Waals surface area contributed by atoms with Crippen molar-refractivity contribution in [1.82, 2.24) is 0 Å². The summed E-state index contributed by atoms with van der Waals surface area (Å²) in [5.74, 6) is 0. The number of rotatable bonds is 4. The summed E-state index contributed by atoms with van der Waals surface area (Å²) in [6.45, 7) is 4.84. The van der Waals surface area contributed by atoms with Crippen LogP contribution >= 0.6 is 0 Å². The van der Waals surface area contributed by atoms with Gasteiger partial charge in [-0.2, -0.15) is 0 Å². The first-order valence-electron chi connectivity index (χ1n) is 6.89. The largest absolute Gasteiger partial charge is 0.0846 e. The van der Waals surface area contributed by atoms with Gasteiger partial charge in [-0.3, -0.25) is 0 Å². The van der Waals surface area contributed by atoms with Gasteiger partial charge in [0.15, 0.2) is 0 Å². The lowest BCUT2D eigenvalue weighted by molar-refractivity contribution is 0.502. The second-order valence-corrected chi connectivity index (χ2v) is 9.93. The van der Waals surface area contributed by atoms with Crippen LogP contribution in [-0.2, 0) is 6.04 Å². The lowest BCUT2D eigenvalue weighted by Gasteiger charge is -2.22. The van der Waals surface area contributed by atoms with Gasteiger partial charge >= 0.3 is 0 Å². The molecule has 1 aliphatic carbocycles. The van der Waals surface area contributed by atoms with Gasteiger partial charge in [0.05, 0.1) is 9.52 Å². The predicted molar refractivity (Wildman–Crippen MR) is 79.9 cm³/mol. The SMILES string of the molecule is C[Si](C)Cc1ccccc1[Si]C1CCCCC1. The Hall–Kier alpha value is -0.346. The van der Waals surface area contributed by atoms with Gasteiger partial charge in [0.1, 0.15) is 0 Å². The van der Waals surface area contributed by atoms with Crippen molar-refractivity contribution in [2.75, 3.05) is 0 Å². The normalized spacial score (nSPS) is 17.6. The van der Waals surface area contributed by atoms with Crippen LogP contribution < -0.4 is 5.19 Å². The fraction of sp³-hybridized carbons (Fsp3) is 0.600. The smallest absolute Gasteiger partial charge is 0.0710 e. The maximum atomic E-state index is 2.42. The zero-order chi connectivity index (χ0) is 12.1. The highest BCUT2D eigenvalue weighted by Gasteiger charge is 2.16. The molecule has 17 heavy (non-hydrogen) atoms. The van der Waals surface area contributed by atoms with Crippen LogP contribution in [0.15, 0.2) is 24.3 Å². The molecule has 0 unspecified atom stereocenters. The van der Waals surface area contributed by atoms with E-state index >= 15 is 0 Å². The summed E-state index contributed by atoms with van der Waals surface area (Å²) in [6, 6.07) is 10.5. The molecular formula is C15H23Si2. The van der Waals surface area contributed by atoms with Crippen molar-refractivity contribution in [3.63, 3.8) is 0 Å². The van der Waals surface area contributed by atoms with Crippen LogP contribution in [0.3, 0.4) is 0 Å². The fourth-order valence-electron chi connectivity index (χ4n) is 2.66. The molecule has 0 aliphatic heterocycles. The second-order valence-electron chi connectivity index (χ2n) is 5.52. The van der Waals surface area contributed by atoms with Crippen LogP contribution in [-0.4, -0.2) is 18.3 Å². The molecule has 0 nitrogen and oxygen atoms in total. The van der Waals surface area contributed by atoms with Gasteiger partial charge in [0, 0.05) is 8.80 Å². The lowest BCUT2D eigenvalue weighted by atomic mass is 10.0. The Morgan fingerprint density at radius 3 is 2.53 bits per heavy atom. The van der Waals surface area contributed by atoms with E-state index in [-0.39, 0.29) is 8.80 Å². The molecular weight excluding hydrogens is 236 g/mol. The molecule has 2 rings (SSSR count). The standard InChI is InChI=1S/C15H23Si2/c1-17(2)12-13-8-6-7-11-15(13)16-14-9-4-3-5-10-14/h6-8,11,14H,3-5,9-10,12H2,1-2H3. The minimum Gasteiger partial charge on any atom is -0.0710 e. The highest BCUT2D eigenvalue weighted by atomic mass is 28.3. The zero-order valence-corrected chi connectivity index (χ0v) is 13.1. The average Bonchev–Trinajstić information content (AvgIpc) is 2.32. The molecule has 2 heteroatoms. The van der Waals surface area contributed by atoms with Crippen LogP contribution in [0.5, 0.6) is 0 Å². The molecule has 0 bridgehead atoms. The van der Waals surface area contributed by atoms with Crippen LogP contribution in [0.4, 0.5) is 0 Å². The van der Waals surface area contributed by atoms with Crippen LogP contribution in [0, 0.1) is 0 Å². The van der Waals surface area contributed by atoms with Crippen molar-refractivity contribution in [1.29, 1.82) is 0 Å². The highest BCUT2D eigenvalue weighted by Crippen LogP contribution is 2.27. The van der Waals surface area contributed by atoms with E-state index < -0.39 is 0 Å². The maximum Gasteiger partial charge on any atom is 0.0846 e. The Kier molecular flexibility index (Phi) is 5.05. The molecule has 91 valence electrons. The van der Waals surface area contributed by atoms with Gasteiger partial charge < -0.3 is 0 Å². The summed E-state index contributed by atoms with van der Waals surface area (Å²) in [5, 5.41) is 1.67. The monoisotopic (exact) mass is 259 g/mol. The summed E-state index contributed by atoms with van der Waals surface area (Å²) in [6.07, 6.45) is 7.36. The molecule has 0 saturated heterocycles. The third-order valence-corrected chi connectivity index (χ3v) is 6.40. The molecule has 0 atom stereocenters. The number of hydrogen-bond donors (Lipinski definition) is 0. The number of hydrogen-bond acceptors (Lipinski definition) is 0. The summed E-state index contributed by atoms with van der Waals surface area (Å²) in [5.41, 5.74) is 2.64. The Bertz CT molecular complexity index is 341. The van der Waals surface area contributed by atoms with Crippen molar-refractivity contribution in [3.8, 4) is 0 Å². The molecule has 0 amide bonds. The average molecular weight is 260 g/mol. The lowest BCUT2D eigenvalue weighted by Crippen LogP contribution is -2.26. The molecule has 1 aromatic rings.